The summed E-state index contributed by atoms with van der Waals surface area (Å²) < 4.78 is 53.7. The number of carbonyl (C=O) groups is 1. The van der Waals surface area contributed by atoms with Gasteiger partial charge in [0.15, 0.2) is 23.2 Å². The van der Waals surface area contributed by atoms with Crippen LogP contribution in [0.2, 0.25) is 0 Å². The number of methoxy groups -OCH3 is 2. The van der Waals surface area contributed by atoms with Crippen molar-refractivity contribution in [2.24, 2.45) is 5.92 Å². The van der Waals surface area contributed by atoms with Gasteiger partial charge in [0.05, 0.1) is 25.8 Å². The Kier molecular flexibility index (Phi) is 6.73. The van der Waals surface area contributed by atoms with Gasteiger partial charge in [0.1, 0.15) is 16.9 Å². The summed E-state index contributed by atoms with van der Waals surface area (Å²) in [4.78, 5) is 14.2. The van der Waals surface area contributed by atoms with Crippen LogP contribution in [0.3, 0.4) is 0 Å². The van der Waals surface area contributed by atoms with Gasteiger partial charge in [0.2, 0.25) is 0 Å². The summed E-state index contributed by atoms with van der Waals surface area (Å²) in [7, 11) is 2.93. The Balaban J connectivity index is 1.44. The van der Waals surface area contributed by atoms with E-state index in [2.05, 4.69) is 28.7 Å². The molecule has 200 valence electrons. The second kappa shape index (κ2) is 9.87. The summed E-state index contributed by atoms with van der Waals surface area (Å²) in [5, 5.41) is 20.0. The molecule has 0 radical (unpaired) electrons. The summed E-state index contributed by atoms with van der Waals surface area (Å²) in [6.45, 7) is 2.14. The van der Waals surface area contributed by atoms with Crippen LogP contribution in [0.4, 0.5) is 24.0 Å². The molecule has 1 aliphatic heterocycles. The number of thiophene rings is 1. The van der Waals surface area contributed by atoms with E-state index in [-0.39, 0.29) is 17.9 Å². The second-order valence-corrected chi connectivity index (χ2v) is 10.7. The van der Waals surface area contributed by atoms with E-state index in [9.17, 15) is 23.2 Å². The Morgan fingerprint density at radius 1 is 1.26 bits per heavy atom. The number of ether oxygens (including phenoxy) is 2. The zero-order valence-electron chi connectivity index (χ0n) is 21.0. The zero-order chi connectivity index (χ0) is 27.2. The lowest BCUT2D eigenvalue weighted by Crippen LogP contribution is -2.35. The molecule has 3 atom stereocenters. The van der Waals surface area contributed by atoms with Gasteiger partial charge in [-0.3, -0.25) is 4.79 Å². The van der Waals surface area contributed by atoms with Crippen molar-refractivity contribution >= 4 is 28.1 Å². The molecule has 2 aromatic heterocycles. The van der Waals surface area contributed by atoms with E-state index in [1.165, 1.54) is 31.6 Å². The lowest BCUT2D eigenvalue weighted by Gasteiger charge is -2.33. The number of benzene rings is 1. The van der Waals surface area contributed by atoms with Gasteiger partial charge in [-0.2, -0.15) is 23.5 Å². The van der Waals surface area contributed by atoms with Gasteiger partial charge in [0.25, 0.3) is 5.91 Å². The molecule has 0 spiro atoms. The van der Waals surface area contributed by atoms with E-state index in [1.54, 1.807) is 18.2 Å². The summed E-state index contributed by atoms with van der Waals surface area (Å²) in [5.74, 6) is 0.754. The molecule has 3 heterocycles. The fourth-order valence-electron chi connectivity index (χ4n) is 5.10. The topological polar surface area (TPSA) is 101 Å². The molecule has 8 nitrogen and oxygen atoms in total. The van der Waals surface area contributed by atoms with Crippen LogP contribution in [0.15, 0.2) is 24.3 Å². The Morgan fingerprint density at radius 3 is 2.71 bits per heavy atom. The SMILES string of the molecule is COc1ccc([C@@H]2C[C@@H](C(F)(F)F)n3nc(C(=O)Nc4sc5c(c4C#N)CC[C@@H](C)C5)cc3N2)cc1OC. The van der Waals surface area contributed by atoms with E-state index >= 15 is 0 Å². The Labute approximate surface area is 221 Å². The molecule has 2 N–H and O–H groups in total. The molecule has 2 aliphatic rings. The Morgan fingerprint density at radius 2 is 2.03 bits per heavy atom. The van der Waals surface area contributed by atoms with Crippen molar-refractivity contribution in [2.75, 3.05) is 24.9 Å². The van der Waals surface area contributed by atoms with E-state index in [0.717, 1.165) is 34.4 Å². The van der Waals surface area contributed by atoms with Crippen LogP contribution in [0.25, 0.3) is 0 Å². The van der Waals surface area contributed by atoms with Crippen LogP contribution >= 0.6 is 11.3 Å². The number of anilines is 2. The molecule has 12 heteroatoms. The molecule has 0 unspecified atom stereocenters. The second-order valence-electron chi connectivity index (χ2n) is 9.59. The molecule has 38 heavy (non-hydrogen) atoms. The van der Waals surface area contributed by atoms with Crippen molar-refractivity contribution in [3.05, 3.63) is 51.5 Å². The average Bonchev–Trinajstić information content (AvgIpc) is 3.47. The van der Waals surface area contributed by atoms with Gasteiger partial charge in [-0.05, 0) is 48.4 Å². The standard InChI is InChI=1S/C26H26F3N5O3S/c1-13-4-6-15-16(12-30)25(38-21(15)8-13)32-24(35)18-11-23-31-17(10-22(26(27,28)29)34(23)33-18)14-5-7-19(36-2)20(9-14)37-3/h5,7,9,11,13,17,22,31H,4,6,8,10H2,1-3H3,(H,32,35)/t13-,17+,22+/m1/s1. The maximum absolute atomic E-state index is 14.1. The Bertz CT molecular complexity index is 1420. The van der Waals surface area contributed by atoms with Crippen LogP contribution in [-0.2, 0) is 12.8 Å². The largest absolute Gasteiger partial charge is 0.493 e. The normalized spacial score (nSPS) is 20.5. The number of amides is 1. The number of rotatable bonds is 5. The van der Waals surface area contributed by atoms with Crippen molar-refractivity contribution in [1.82, 2.24) is 9.78 Å². The first-order valence-corrected chi connectivity index (χ1v) is 12.9. The molecule has 0 saturated carbocycles. The molecule has 0 fully saturated rings. The van der Waals surface area contributed by atoms with Crippen molar-refractivity contribution in [1.29, 1.82) is 5.26 Å². The number of alkyl halides is 3. The lowest BCUT2D eigenvalue weighted by molar-refractivity contribution is -0.173. The molecule has 1 aromatic carbocycles. The highest BCUT2D eigenvalue weighted by molar-refractivity contribution is 7.16. The van der Waals surface area contributed by atoms with Gasteiger partial charge in [0, 0.05) is 17.4 Å². The van der Waals surface area contributed by atoms with E-state index in [1.807, 2.05) is 0 Å². The predicted molar refractivity (Wildman–Crippen MR) is 136 cm³/mol. The van der Waals surface area contributed by atoms with Gasteiger partial charge in [-0.1, -0.05) is 13.0 Å². The minimum Gasteiger partial charge on any atom is -0.493 e. The number of carbonyl (C=O) groups excluding carboxylic acids is 1. The zero-order valence-corrected chi connectivity index (χ0v) is 21.8. The maximum atomic E-state index is 14.1. The van der Waals surface area contributed by atoms with E-state index in [4.69, 9.17) is 9.47 Å². The van der Waals surface area contributed by atoms with Crippen LogP contribution in [0, 0.1) is 17.2 Å². The number of hydrogen-bond donors (Lipinski definition) is 2. The van der Waals surface area contributed by atoms with Crippen molar-refractivity contribution in [3.63, 3.8) is 0 Å². The third-order valence-corrected chi connectivity index (χ3v) is 8.25. The summed E-state index contributed by atoms with van der Waals surface area (Å²) >= 11 is 1.35. The molecule has 3 aromatic rings. The molecule has 1 amide bonds. The first-order chi connectivity index (χ1) is 18.1. The van der Waals surface area contributed by atoms with Crippen LogP contribution in [0.1, 0.15) is 63.9 Å². The minimum absolute atomic E-state index is 0.0725. The van der Waals surface area contributed by atoms with Gasteiger partial charge >= 0.3 is 6.18 Å². The van der Waals surface area contributed by atoms with Gasteiger partial charge < -0.3 is 20.1 Å². The maximum Gasteiger partial charge on any atom is 0.410 e. The number of hydrogen-bond acceptors (Lipinski definition) is 7. The molecule has 0 bridgehead atoms. The fourth-order valence-corrected chi connectivity index (χ4v) is 6.45. The van der Waals surface area contributed by atoms with Crippen molar-refractivity contribution < 1.29 is 27.4 Å². The van der Waals surface area contributed by atoms with Crippen LogP contribution < -0.4 is 20.1 Å². The molecular formula is C26H26F3N5O3S. The highest BCUT2D eigenvalue weighted by Gasteiger charge is 2.47. The summed E-state index contributed by atoms with van der Waals surface area (Å²) in [5.41, 5.74) is 1.78. The predicted octanol–water partition coefficient (Wildman–Crippen LogP) is 5.87. The number of halogens is 3. The third-order valence-electron chi connectivity index (χ3n) is 7.08. The number of nitrogens with zero attached hydrogens (tertiary/aromatic N) is 3. The van der Waals surface area contributed by atoms with Crippen molar-refractivity contribution in [2.45, 2.75) is 50.9 Å². The third kappa shape index (κ3) is 4.67. The smallest absolute Gasteiger partial charge is 0.410 e. The summed E-state index contributed by atoms with van der Waals surface area (Å²) in [6.07, 6.45) is -2.37. The highest BCUT2D eigenvalue weighted by atomic mass is 32.1. The van der Waals surface area contributed by atoms with E-state index in [0.29, 0.717) is 33.5 Å². The first-order valence-electron chi connectivity index (χ1n) is 12.1. The van der Waals surface area contributed by atoms with Gasteiger partial charge in [-0.25, -0.2) is 4.68 Å². The van der Waals surface area contributed by atoms with Gasteiger partial charge in [-0.15, -0.1) is 11.3 Å². The number of fused-ring (bicyclic) bond motifs is 2. The molecule has 1 aliphatic carbocycles. The number of nitrogens with one attached hydrogen (secondary N) is 2. The molecule has 0 saturated heterocycles. The van der Waals surface area contributed by atoms with Crippen LogP contribution in [0.5, 0.6) is 11.5 Å². The molecular weight excluding hydrogens is 519 g/mol. The quantitative estimate of drug-likeness (QED) is 0.416. The van der Waals surface area contributed by atoms with E-state index < -0.39 is 24.2 Å². The average molecular weight is 546 g/mol. The number of aromatic nitrogens is 2. The molecule has 5 rings (SSSR count). The lowest BCUT2D eigenvalue weighted by atomic mass is 9.89. The first kappa shape index (κ1) is 25.9. The van der Waals surface area contributed by atoms with Crippen molar-refractivity contribution in [3.8, 4) is 17.6 Å². The van der Waals surface area contributed by atoms with Crippen LogP contribution in [-0.4, -0.2) is 36.1 Å². The fraction of sp³-hybridized carbons (Fsp3) is 0.423. The minimum atomic E-state index is -4.59. The Hall–Kier alpha value is -3.72. The monoisotopic (exact) mass is 545 g/mol. The number of nitriles is 1. The summed E-state index contributed by atoms with van der Waals surface area (Å²) in [6, 6.07) is 5.78. The highest BCUT2D eigenvalue weighted by Crippen LogP contribution is 2.45.